The van der Waals surface area contributed by atoms with Crippen molar-refractivity contribution in [1.29, 1.82) is 0 Å². The summed E-state index contributed by atoms with van der Waals surface area (Å²) in [5.41, 5.74) is 1.19. The number of rotatable bonds is 5. The number of pyridine rings is 1. The average Bonchev–Trinajstić information content (AvgIpc) is 2.47. The molecule has 0 saturated heterocycles. The summed E-state index contributed by atoms with van der Waals surface area (Å²) < 4.78 is 5.59. The van der Waals surface area contributed by atoms with Gasteiger partial charge in [-0.25, -0.2) is 0 Å². The highest BCUT2D eigenvalue weighted by molar-refractivity contribution is 6.04. The van der Waals surface area contributed by atoms with Crippen LogP contribution in [0.5, 0.6) is 5.75 Å². The molecule has 4 heteroatoms. The predicted octanol–water partition coefficient (Wildman–Crippen LogP) is 3.12. The molecule has 0 fully saturated rings. The Bertz CT molecular complexity index is 541. The van der Waals surface area contributed by atoms with Crippen molar-refractivity contribution in [3.8, 4) is 5.75 Å². The van der Waals surface area contributed by atoms with Gasteiger partial charge in [-0.05, 0) is 30.7 Å². The van der Waals surface area contributed by atoms with E-state index in [1.807, 2.05) is 31.2 Å². The number of para-hydroxylation sites is 2. The summed E-state index contributed by atoms with van der Waals surface area (Å²) in [4.78, 5) is 16.0. The van der Waals surface area contributed by atoms with Crippen molar-refractivity contribution in [3.63, 3.8) is 0 Å². The summed E-state index contributed by atoms with van der Waals surface area (Å²) in [5, 5.41) is 2.83. The lowest BCUT2D eigenvalue weighted by Gasteiger charge is -2.11. The van der Waals surface area contributed by atoms with Gasteiger partial charge in [-0.1, -0.05) is 19.1 Å². The number of anilines is 1. The number of nitrogens with one attached hydrogen (secondary N) is 1. The van der Waals surface area contributed by atoms with Gasteiger partial charge in [-0.2, -0.15) is 0 Å². The number of ether oxygens (including phenoxy) is 1. The minimum atomic E-state index is -0.194. The van der Waals surface area contributed by atoms with Crippen LogP contribution in [0.1, 0.15) is 23.7 Å². The van der Waals surface area contributed by atoms with Crippen LogP contribution in [0.2, 0.25) is 0 Å². The smallest absolute Gasteiger partial charge is 0.257 e. The fourth-order valence-electron chi connectivity index (χ4n) is 1.60. The summed E-state index contributed by atoms with van der Waals surface area (Å²) in [6.45, 7) is 2.66. The number of carbonyl (C=O) groups excluding carboxylic acids is 1. The van der Waals surface area contributed by atoms with Gasteiger partial charge >= 0.3 is 0 Å². The molecular weight excluding hydrogens is 240 g/mol. The van der Waals surface area contributed by atoms with Crippen LogP contribution >= 0.6 is 0 Å². The van der Waals surface area contributed by atoms with Crippen LogP contribution in [0, 0.1) is 0 Å². The predicted molar refractivity (Wildman–Crippen MR) is 74.4 cm³/mol. The summed E-state index contributed by atoms with van der Waals surface area (Å²) in [5.74, 6) is 0.488. The van der Waals surface area contributed by atoms with E-state index in [-0.39, 0.29) is 5.91 Å². The van der Waals surface area contributed by atoms with Gasteiger partial charge in [0.05, 0.1) is 17.9 Å². The summed E-state index contributed by atoms with van der Waals surface area (Å²) >= 11 is 0. The molecule has 1 aromatic carbocycles. The van der Waals surface area contributed by atoms with E-state index >= 15 is 0 Å². The van der Waals surface area contributed by atoms with Crippen LogP contribution in [0.3, 0.4) is 0 Å². The third kappa shape index (κ3) is 3.55. The fraction of sp³-hybridized carbons (Fsp3) is 0.200. The Morgan fingerprint density at radius 2 is 2.11 bits per heavy atom. The number of nitrogens with zero attached hydrogens (tertiary/aromatic N) is 1. The van der Waals surface area contributed by atoms with Crippen LogP contribution in [0.15, 0.2) is 48.8 Å². The largest absolute Gasteiger partial charge is 0.491 e. The van der Waals surface area contributed by atoms with E-state index in [4.69, 9.17) is 4.74 Å². The third-order valence-electron chi connectivity index (χ3n) is 2.52. The van der Waals surface area contributed by atoms with Crippen molar-refractivity contribution in [2.75, 3.05) is 11.9 Å². The van der Waals surface area contributed by atoms with Crippen molar-refractivity contribution in [2.24, 2.45) is 0 Å². The van der Waals surface area contributed by atoms with Crippen LogP contribution in [-0.2, 0) is 0 Å². The van der Waals surface area contributed by atoms with Crippen molar-refractivity contribution in [3.05, 3.63) is 54.4 Å². The van der Waals surface area contributed by atoms with Crippen LogP contribution in [0.4, 0.5) is 5.69 Å². The molecule has 0 aliphatic heterocycles. The maximum absolute atomic E-state index is 12.0. The second-order valence-corrected chi connectivity index (χ2v) is 4.04. The molecule has 0 radical (unpaired) electrons. The van der Waals surface area contributed by atoms with E-state index in [9.17, 15) is 4.79 Å². The second-order valence-electron chi connectivity index (χ2n) is 4.04. The molecule has 98 valence electrons. The number of aromatic nitrogens is 1. The van der Waals surface area contributed by atoms with E-state index in [0.717, 1.165) is 6.42 Å². The molecular formula is C15H16N2O2. The number of hydrogen-bond acceptors (Lipinski definition) is 3. The molecule has 1 N–H and O–H groups in total. The second kappa shape index (κ2) is 6.54. The fourth-order valence-corrected chi connectivity index (χ4v) is 1.60. The van der Waals surface area contributed by atoms with Crippen LogP contribution in [0.25, 0.3) is 0 Å². The van der Waals surface area contributed by atoms with Gasteiger partial charge in [0, 0.05) is 12.4 Å². The first-order valence-electron chi connectivity index (χ1n) is 6.24. The molecule has 4 nitrogen and oxygen atoms in total. The zero-order valence-corrected chi connectivity index (χ0v) is 10.8. The van der Waals surface area contributed by atoms with Crippen molar-refractivity contribution in [2.45, 2.75) is 13.3 Å². The minimum Gasteiger partial charge on any atom is -0.491 e. The molecule has 0 atom stereocenters. The van der Waals surface area contributed by atoms with E-state index in [0.29, 0.717) is 23.6 Å². The van der Waals surface area contributed by atoms with Crippen molar-refractivity contribution >= 4 is 11.6 Å². The summed E-state index contributed by atoms with van der Waals surface area (Å²) in [6.07, 6.45) is 4.09. The first-order chi connectivity index (χ1) is 9.31. The first-order valence-corrected chi connectivity index (χ1v) is 6.24. The van der Waals surface area contributed by atoms with Crippen molar-refractivity contribution in [1.82, 2.24) is 4.98 Å². The third-order valence-corrected chi connectivity index (χ3v) is 2.52. The van der Waals surface area contributed by atoms with Crippen LogP contribution < -0.4 is 10.1 Å². The lowest BCUT2D eigenvalue weighted by Crippen LogP contribution is -2.13. The molecule has 0 aliphatic carbocycles. The Hall–Kier alpha value is -2.36. The van der Waals surface area contributed by atoms with E-state index in [1.165, 1.54) is 6.20 Å². The van der Waals surface area contributed by atoms with E-state index < -0.39 is 0 Å². The standard InChI is InChI=1S/C15H16N2O2/c1-2-10-19-14-8-4-3-7-13(14)17-15(18)12-6-5-9-16-11-12/h3-9,11H,2,10H2,1H3,(H,17,18). The Morgan fingerprint density at radius 3 is 2.84 bits per heavy atom. The average molecular weight is 256 g/mol. The Balaban J connectivity index is 2.12. The molecule has 1 heterocycles. The maximum atomic E-state index is 12.0. The maximum Gasteiger partial charge on any atom is 0.257 e. The van der Waals surface area contributed by atoms with Gasteiger partial charge < -0.3 is 10.1 Å². The number of carbonyl (C=O) groups is 1. The SMILES string of the molecule is CCCOc1ccccc1NC(=O)c1cccnc1. The van der Waals surface area contributed by atoms with E-state index in [1.54, 1.807) is 18.3 Å². The number of benzene rings is 1. The zero-order valence-electron chi connectivity index (χ0n) is 10.8. The Kier molecular flexibility index (Phi) is 4.50. The minimum absolute atomic E-state index is 0.194. The van der Waals surface area contributed by atoms with E-state index in [2.05, 4.69) is 10.3 Å². The first kappa shape index (κ1) is 13.1. The molecule has 2 rings (SSSR count). The molecule has 0 spiro atoms. The molecule has 0 saturated carbocycles. The molecule has 19 heavy (non-hydrogen) atoms. The van der Waals surface area contributed by atoms with Gasteiger partial charge in [0.15, 0.2) is 0 Å². The van der Waals surface area contributed by atoms with Crippen LogP contribution in [-0.4, -0.2) is 17.5 Å². The van der Waals surface area contributed by atoms with Gasteiger partial charge in [-0.15, -0.1) is 0 Å². The molecule has 0 unspecified atom stereocenters. The molecule has 1 aromatic heterocycles. The van der Waals surface area contributed by atoms with Gasteiger partial charge in [-0.3, -0.25) is 9.78 Å². The highest BCUT2D eigenvalue weighted by Gasteiger charge is 2.09. The number of amides is 1. The van der Waals surface area contributed by atoms with Gasteiger partial charge in [0.25, 0.3) is 5.91 Å². The lowest BCUT2D eigenvalue weighted by atomic mass is 10.2. The zero-order chi connectivity index (χ0) is 13.5. The summed E-state index contributed by atoms with van der Waals surface area (Å²) in [6, 6.07) is 10.8. The normalized spacial score (nSPS) is 9.95. The van der Waals surface area contributed by atoms with Crippen molar-refractivity contribution < 1.29 is 9.53 Å². The van der Waals surface area contributed by atoms with Gasteiger partial charge in [0.2, 0.25) is 0 Å². The topological polar surface area (TPSA) is 51.2 Å². The monoisotopic (exact) mass is 256 g/mol. The Morgan fingerprint density at radius 1 is 1.26 bits per heavy atom. The molecule has 0 bridgehead atoms. The van der Waals surface area contributed by atoms with Gasteiger partial charge in [0.1, 0.15) is 5.75 Å². The molecule has 1 amide bonds. The lowest BCUT2D eigenvalue weighted by molar-refractivity contribution is 0.102. The molecule has 0 aliphatic rings. The summed E-state index contributed by atoms with van der Waals surface area (Å²) in [7, 11) is 0. The number of hydrogen-bond donors (Lipinski definition) is 1. The Labute approximate surface area is 112 Å². The highest BCUT2D eigenvalue weighted by Crippen LogP contribution is 2.24. The quantitative estimate of drug-likeness (QED) is 0.894. The molecule has 2 aromatic rings. The highest BCUT2D eigenvalue weighted by atomic mass is 16.5.